The van der Waals surface area contributed by atoms with Crippen molar-refractivity contribution in [2.45, 2.75) is 12.8 Å². The van der Waals surface area contributed by atoms with Gasteiger partial charge in [0.05, 0.1) is 18.4 Å². The maximum absolute atomic E-state index is 13.0. The zero-order valence-corrected chi connectivity index (χ0v) is 10.5. The number of hydrogen-bond acceptors (Lipinski definition) is 3. The minimum atomic E-state index is -0.578. The van der Waals surface area contributed by atoms with Crippen LogP contribution in [0.2, 0.25) is 5.15 Å². The molecule has 0 saturated carbocycles. The number of pyridine rings is 1. The molecule has 1 aliphatic rings. The fourth-order valence-corrected chi connectivity index (χ4v) is 2.07. The molecule has 1 fully saturated rings. The standard InChI is InChI=1S/C12H14ClFN2O2/c13-11-10(4-9(14)6-15-11)12(17)16-5-8-2-1-3-18-7-8/h4,6,8H,1-3,5,7H2,(H,16,17). The molecule has 0 bridgehead atoms. The Kier molecular flexibility index (Phi) is 4.49. The van der Waals surface area contributed by atoms with Crippen LogP contribution in [0.4, 0.5) is 4.39 Å². The number of carbonyl (C=O) groups excluding carboxylic acids is 1. The zero-order valence-electron chi connectivity index (χ0n) is 9.79. The summed E-state index contributed by atoms with van der Waals surface area (Å²) in [6.45, 7) is 1.94. The lowest BCUT2D eigenvalue weighted by molar-refractivity contribution is 0.0536. The van der Waals surface area contributed by atoms with Crippen molar-refractivity contribution in [2.75, 3.05) is 19.8 Å². The molecular formula is C12H14ClFN2O2. The van der Waals surface area contributed by atoms with Crippen molar-refractivity contribution in [1.82, 2.24) is 10.3 Å². The molecular weight excluding hydrogens is 259 g/mol. The average Bonchev–Trinajstić information content (AvgIpc) is 2.40. The van der Waals surface area contributed by atoms with Gasteiger partial charge in [-0.1, -0.05) is 11.6 Å². The lowest BCUT2D eigenvalue weighted by Gasteiger charge is -2.22. The van der Waals surface area contributed by atoms with Crippen LogP contribution in [0.25, 0.3) is 0 Å². The summed E-state index contributed by atoms with van der Waals surface area (Å²) >= 11 is 5.75. The van der Waals surface area contributed by atoms with Crippen LogP contribution in [-0.4, -0.2) is 30.6 Å². The van der Waals surface area contributed by atoms with Crippen LogP contribution < -0.4 is 5.32 Å². The predicted molar refractivity (Wildman–Crippen MR) is 65.1 cm³/mol. The van der Waals surface area contributed by atoms with Crippen LogP contribution >= 0.6 is 11.6 Å². The number of ether oxygens (including phenoxy) is 1. The van der Waals surface area contributed by atoms with E-state index in [1.807, 2.05) is 0 Å². The van der Waals surface area contributed by atoms with Gasteiger partial charge < -0.3 is 10.1 Å². The Labute approximate surface area is 109 Å². The van der Waals surface area contributed by atoms with Crippen LogP contribution in [0, 0.1) is 11.7 Å². The van der Waals surface area contributed by atoms with Crippen LogP contribution in [0.15, 0.2) is 12.3 Å². The molecule has 0 spiro atoms. The lowest BCUT2D eigenvalue weighted by atomic mass is 10.0. The highest BCUT2D eigenvalue weighted by atomic mass is 35.5. The highest BCUT2D eigenvalue weighted by molar-refractivity contribution is 6.32. The number of nitrogens with one attached hydrogen (secondary N) is 1. The third-order valence-electron chi connectivity index (χ3n) is 2.86. The minimum Gasteiger partial charge on any atom is -0.381 e. The van der Waals surface area contributed by atoms with E-state index in [0.717, 1.165) is 31.7 Å². The molecule has 0 aromatic carbocycles. The summed E-state index contributed by atoms with van der Waals surface area (Å²) in [4.78, 5) is 15.4. The van der Waals surface area contributed by atoms with E-state index in [0.29, 0.717) is 19.1 Å². The van der Waals surface area contributed by atoms with E-state index in [1.165, 1.54) is 0 Å². The van der Waals surface area contributed by atoms with E-state index in [9.17, 15) is 9.18 Å². The molecule has 18 heavy (non-hydrogen) atoms. The van der Waals surface area contributed by atoms with Gasteiger partial charge in [-0.15, -0.1) is 0 Å². The number of halogens is 2. The first kappa shape index (κ1) is 13.2. The van der Waals surface area contributed by atoms with Gasteiger partial charge in [-0.25, -0.2) is 9.37 Å². The van der Waals surface area contributed by atoms with Gasteiger partial charge in [-0.05, 0) is 24.8 Å². The van der Waals surface area contributed by atoms with Gasteiger partial charge in [0.25, 0.3) is 5.91 Å². The van der Waals surface area contributed by atoms with Crippen molar-refractivity contribution in [3.8, 4) is 0 Å². The summed E-state index contributed by atoms with van der Waals surface area (Å²) in [5.41, 5.74) is 0.0633. The van der Waals surface area contributed by atoms with Gasteiger partial charge in [-0.2, -0.15) is 0 Å². The Morgan fingerprint density at radius 3 is 3.22 bits per heavy atom. The summed E-state index contributed by atoms with van der Waals surface area (Å²) in [5.74, 6) is -0.675. The van der Waals surface area contributed by atoms with Gasteiger partial charge >= 0.3 is 0 Å². The highest BCUT2D eigenvalue weighted by Crippen LogP contribution is 2.15. The molecule has 2 rings (SSSR count). The maximum Gasteiger partial charge on any atom is 0.254 e. The molecule has 4 nitrogen and oxygen atoms in total. The molecule has 1 N–H and O–H groups in total. The Bertz CT molecular complexity index is 436. The first-order valence-corrected chi connectivity index (χ1v) is 6.21. The fraction of sp³-hybridized carbons (Fsp3) is 0.500. The quantitative estimate of drug-likeness (QED) is 0.857. The van der Waals surface area contributed by atoms with Gasteiger partial charge in [0, 0.05) is 13.2 Å². The first-order valence-electron chi connectivity index (χ1n) is 5.84. The molecule has 2 heterocycles. The van der Waals surface area contributed by atoms with Gasteiger partial charge in [0.2, 0.25) is 0 Å². The Morgan fingerprint density at radius 2 is 2.50 bits per heavy atom. The molecule has 1 atom stereocenters. The van der Waals surface area contributed by atoms with Crippen LogP contribution in [0.3, 0.4) is 0 Å². The molecule has 1 aliphatic heterocycles. The smallest absolute Gasteiger partial charge is 0.254 e. The lowest BCUT2D eigenvalue weighted by Crippen LogP contribution is -2.33. The van der Waals surface area contributed by atoms with E-state index >= 15 is 0 Å². The fourth-order valence-electron chi connectivity index (χ4n) is 1.88. The van der Waals surface area contributed by atoms with Crippen molar-refractivity contribution in [3.05, 3.63) is 28.8 Å². The largest absolute Gasteiger partial charge is 0.381 e. The Hall–Kier alpha value is -1.20. The van der Waals surface area contributed by atoms with Gasteiger partial charge in [0.15, 0.2) is 0 Å². The molecule has 1 aromatic rings. The number of hydrogen-bond donors (Lipinski definition) is 1. The molecule has 0 radical (unpaired) electrons. The van der Waals surface area contributed by atoms with E-state index < -0.39 is 11.7 Å². The summed E-state index contributed by atoms with van der Waals surface area (Å²) in [6, 6.07) is 1.09. The molecule has 1 unspecified atom stereocenters. The maximum atomic E-state index is 13.0. The summed E-state index contributed by atoms with van der Waals surface area (Å²) in [6.07, 6.45) is 3.01. The SMILES string of the molecule is O=C(NCC1CCCOC1)c1cc(F)cnc1Cl. The van der Waals surface area contributed by atoms with E-state index in [1.54, 1.807) is 0 Å². The zero-order chi connectivity index (χ0) is 13.0. The predicted octanol–water partition coefficient (Wildman–Crippen LogP) is 2.03. The number of carbonyl (C=O) groups is 1. The Balaban J connectivity index is 1.92. The normalized spacial score (nSPS) is 19.6. The first-order chi connectivity index (χ1) is 8.66. The second-order valence-corrected chi connectivity index (χ2v) is 4.64. The Morgan fingerprint density at radius 1 is 1.67 bits per heavy atom. The van der Waals surface area contributed by atoms with Gasteiger partial charge in [0.1, 0.15) is 11.0 Å². The number of aromatic nitrogens is 1. The second kappa shape index (κ2) is 6.11. The average molecular weight is 273 g/mol. The number of amides is 1. The van der Waals surface area contributed by atoms with Crippen molar-refractivity contribution in [3.63, 3.8) is 0 Å². The van der Waals surface area contributed by atoms with Crippen molar-refractivity contribution in [2.24, 2.45) is 5.92 Å². The summed E-state index contributed by atoms with van der Waals surface area (Å²) in [7, 11) is 0. The third kappa shape index (κ3) is 3.40. The second-order valence-electron chi connectivity index (χ2n) is 4.29. The molecule has 6 heteroatoms. The van der Waals surface area contributed by atoms with Gasteiger partial charge in [-0.3, -0.25) is 4.79 Å². The van der Waals surface area contributed by atoms with Crippen molar-refractivity contribution in [1.29, 1.82) is 0 Å². The highest BCUT2D eigenvalue weighted by Gasteiger charge is 2.17. The topological polar surface area (TPSA) is 51.2 Å². The number of rotatable bonds is 3. The van der Waals surface area contributed by atoms with Crippen molar-refractivity contribution >= 4 is 17.5 Å². The molecule has 1 amide bonds. The van der Waals surface area contributed by atoms with Crippen molar-refractivity contribution < 1.29 is 13.9 Å². The van der Waals surface area contributed by atoms with Crippen LogP contribution in [-0.2, 0) is 4.74 Å². The van der Waals surface area contributed by atoms with E-state index in [2.05, 4.69) is 10.3 Å². The molecule has 1 saturated heterocycles. The minimum absolute atomic E-state index is 0.00814. The molecule has 1 aromatic heterocycles. The van der Waals surface area contributed by atoms with Crippen LogP contribution in [0.1, 0.15) is 23.2 Å². The van der Waals surface area contributed by atoms with E-state index in [4.69, 9.17) is 16.3 Å². The summed E-state index contributed by atoms with van der Waals surface area (Å²) < 4.78 is 18.3. The monoisotopic (exact) mass is 272 g/mol. The van der Waals surface area contributed by atoms with Crippen LogP contribution in [0.5, 0.6) is 0 Å². The summed E-state index contributed by atoms with van der Waals surface area (Å²) in [5, 5.41) is 2.73. The molecule has 98 valence electrons. The third-order valence-corrected chi connectivity index (χ3v) is 3.16. The number of nitrogens with zero attached hydrogens (tertiary/aromatic N) is 1. The molecule has 0 aliphatic carbocycles. The van der Waals surface area contributed by atoms with E-state index in [-0.39, 0.29) is 10.7 Å².